The smallest absolute Gasteiger partial charge is 0.158 e. The Labute approximate surface area is 126 Å². The van der Waals surface area contributed by atoms with Crippen molar-refractivity contribution < 1.29 is 5.11 Å². The van der Waals surface area contributed by atoms with Gasteiger partial charge >= 0.3 is 0 Å². The Bertz CT molecular complexity index is 488. The number of allylic oxidation sites excluding steroid dienone is 2. The highest BCUT2D eigenvalue weighted by Gasteiger charge is 2.26. The SMILES string of the molecule is Cn1c(CO)nnc1C1CCN(CC2CC=CCC2)CC1. The van der Waals surface area contributed by atoms with Crippen LogP contribution < -0.4 is 0 Å². The lowest BCUT2D eigenvalue weighted by Crippen LogP contribution is -2.37. The molecule has 1 aliphatic carbocycles. The number of aromatic nitrogens is 3. The van der Waals surface area contributed by atoms with Gasteiger partial charge in [-0.1, -0.05) is 12.2 Å². The molecule has 0 amide bonds. The molecular weight excluding hydrogens is 264 g/mol. The molecule has 1 saturated heterocycles. The molecule has 1 fully saturated rings. The van der Waals surface area contributed by atoms with Gasteiger partial charge in [0.2, 0.25) is 0 Å². The second-order valence-corrected chi connectivity index (χ2v) is 6.42. The van der Waals surface area contributed by atoms with Crippen molar-refractivity contribution in [1.82, 2.24) is 19.7 Å². The largest absolute Gasteiger partial charge is 0.388 e. The molecule has 5 nitrogen and oxygen atoms in total. The highest BCUT2D eigenvalue weighted by Crippen LogP contribution is 2.28. The lowest BCUT2D eigenvalue weighted by molar-refractivity contribution is 0.174. The van der Waals surface area contributed by atoms with Crippen LogP contribution in [0.2, 0.25) is 0 Å². The second kappa shape index (κ2) is 6.71. The maximum atomic E-state index is 9.22. The minimum absolute atomic E-state index is 0.0302. The minimum atomic E-state index is -0.0302. The zero-order chi connectivity index (χ0) is 14.7. The summed E-state index contributed by atoms with van der Waals surface area (Å²) in [6.45, 7) is 3.54. The Morgan fingerprint density at radius 2 is 2.00 bits per heavy atom. The van der Waals surface area contributed by atoms with Gasteiger partial charge in [0.1, 0.15) is 12.4 Å². The fraction of sp³-hybridized carbons (Fsp3) is 0.750. The summed E-state index contributed by atoms with van der Waals surface area (Å²) in [5, 5.41) is 17.6. The third kappa shape index (κ3) is 3.35. The number of likely N-dealkylation sites (tertiary alicyclic amines) is 1. The molecule has 116 valence electrons. The molecule has 0 spiro atoms. The summed E-state index contributed by atoms with van der Waals surface area (Å²) in [6, 6.07) is 0. The van der Waals surface area contributed by atoms with E-state index in [4.69, 9.17) is 0 Å². The number of nitrogens with zero attached hydrogens (tertiary/aromatic N) is 4. The van der Waals surface area contributed by atoms with Crippen molar-refractivity contribution in [3.8, 4) is 0 Å². The summed E-state index contributed by atoms with van der Waals surface area (Å²) < 4.78 is 1.96. The van der Waals surface area contributed by atoms with Gasteiger partial charge in [-0.05, 0) is 51.1 Å². The topological polar surface area (TPSA) is 54.2 Å². The molecule has 1 atom stereocenters. The first-order valence-electron chi connectivity index (χ1n) is 8.14. The Kier molecular flexibility index (Phi) is 4.70. The molecule has 0 bridgehead atoms. The molecular formula is C16H26N4O. The molecule has 1 N–H and O–H groups in total. The van der Waals surface area contributed by atoms with E-state index in [0.29, 0.717) is 11.7 Å². The summed E-state index contributed by atoms with van der Waals surface area (Å²) in [4.78, 5) is 2.61. The van der Waals surface area contributed by atoms with Crippen molar-refractivity contribution in [3.05, 3.63) is 23.8 Å². The predicted molar refractivity (Wildman–Crippen MR) is 81.8 cm³/mol. The van der Waals surface area contributed by atoms with Crippen LogP contribution in [-0.2, 0) is 13.7 Å². The van der Waals surface area contributed by atoms with Gasteiger partial charge in [-0.2, -0.15) is 0 Å². The van der Waals surface area contributed by atoms with E-state index in [0.717, 1.165) is 37.7 Å². The van der Waals surface area contributed by atoms with Crippen LogP contribution in [0.3, 0.4) is 0 Å². The van der Waals surface area contributed by atoms with Gasteiger partial charge < -0.3 is 14.6 Å². The third-order valence-corrected chi connectivity index (χ3v) is 4.99. The summed E-state index contributed by atoms with van der Waals surface area (Å²) in [6.07, 6.45) is 10.8. The van der Waals surface area contributed by atoms with E-state index in [2.05, 4.69) is 27.2 Å². The first-order valence-corrected chi connectivity index (χ1v) is 8.14. The molecule has 0 saturated carbocycles. The Balaban J connectivity index is 1.52. The predicted octanol–water partition coefficient (Wildman–Crippen LogP) is 1.84. The van der Waals surface area contributed by atoms with Crippen molar-refractivity contribution in [3.63, 3.8) is 0 Å². The molecule has 2 aliphatic rings. The maximum Gasteiger partial charge on any atom is 0.158 e. The van der Waals surface area contributed by atoms with Crippen molar-refractivity contribution in [1.29, 1.82) is 0 Å². The summed E-state index contributed by atoms with van der Waals surface area (Å²) in [5.41, 5.74) is 0. The molecule has 1 aliphatic heterocycles. The van der Waals surface area contributed by atoms with E-state index in [1.54, 1.807) is 0 Å². The van der Waals surface area contributed by atoms with E-state index in [-0.39, 0.29) is 6.61 Å². The zero-order valence-corrected chi connectivity index (χ0v) is 12.9. The van der Waals surface area contributed by atoms with E-state index < -0.39 is 0 Å². The van der Waals surface area contributed by atoms with Crippen LogP contribution in [0, 0.1) is 5.92 Å². The van der Waals surface area contributed by atoms with Crippen molar-refractivity contribution in [2.24, 2.45) is 13.0 Å². The van der Waals surface area contributed by atoms with E-state index in [9.17, 15) is 5.11 Å². The van der Waals surface area contributed by atoms with Crippen molar-refractivity contribution in [2.75, 3.05) is 19.6 Å². The summed E-state index contributed by atoms with van der Waals surface area (Å²) >= 11 is 0. The number of aliphatic hydroxyl groups is 1. The number of rotatable bonds is 4. The van der Waals surface area contributed by atoms with Gasteiger partial charge in [0, 0.05) is 19.5 Å². The fourth-order valence-corrected chi connectivity index (χ4v) is 3.63. The second-order valence-electron chi connectivity index (χ2n) is 6.42. The highest BCUT2D eigenvalue weighted by molar-refractivity contribution is 5.03. The van der Waals surface area contributed by atoms with E-state index in [1.165, 1.54) is 25.8 Å². The monoisotopic (exact) mass is 290 g/mol. The van der Waals surface area contributed by atoms with Crippen LogP contribution in [0.5, 0.6) is 0 Å². The van der Waals surface area contributed by atoms with Gasteiger partial charge in [-0.3, -0.25) is 0 Å². The van der Waals surface area contributed by atoms with Gasteiger partial charge in [0.05, 0.1) is 0 Å². The van der Waals surface area contributed by atoms with Gasteiger partial charge in [-0.15, -0.1) is 10.2 Å². The molecule has 1 aromatic rings. The maximum absolute atomic E-state index is 9.22. The molecule has 2 heterocycles. The lowest BCUT2D eigenvalue weighted by atomic mass is 9.91. The molecule has 3 rings (SSSR count). The Morgan fingerprint density at radius 1 is 1.19 bits per heavy atom. The number of aliphatic hydroxyl groups excluding tert-OH is 1. The normalized spacial score (nSPS) is 24.6. The number of hydrogen-bond acceptors (Lipinski definition) is 4. The number of hydrogen-bond donors (Lipinski definition) is 1. The van der Waals surface area contributed by atoms with Crippen molar-refractivity contribution >= 4 is 0 Å². The van der Waals surface area contributed by atoms with Gasteiger partial charge in [0.15, 0.2) is 5.82 Å². The first-order chi connectivity index (χ1) is 10.3. The van der Waals surface area contributed by atoms with Crippen LogP contribution in [0.1, 0.15) is 49.7 Å². The van der Waals surface area contributed by atoms with Crippen LogP contribution in [0.25, 0.3) is 0 Å². The molecule has 0 radical (unpaired) electrons. The minimum Gasteiger partial charge on any atom is -0.388 e. The Morgan fingerprint density at radius 3 is 2.62 bits per heavy atom. The average molecular weight is 290 g/mol. The molecule has 1 aromatic heterocycles. The highest BCUT2D eigenvalue weighted by atomic mass is 16.3. The van der Waals surface area contributed by atoms with E-state index >= 15 is 0 Å². The zero-order valence-electron chi connectivity index (χ0n) is 12.9. The van der Waals surface area contributed by atoms with Crippen LogP contribution >= 0.6 is 0 Å². The molecule has 0 aromatic carbocycles. The van der Waals surface area contributed by atoms with Crippen LogP contribution in [-0.4, -0.2) is 44.4 Å². The Hall–Kier alpha value is -1.20. The standard InChI is InChI=1S/C16H26N4O/c1-19-15(12-21)17-18-16(19)14-7-9-20(10-8-14)11-13-5-3-2-4-6-13/h2-3,13-14,21H,4-12H2,1H3. The molecule has 21 heavy (non-hydrogen) atoms. The lowest BCUT2D eigenvalue weighted by Gasteiger charge is -2.34. The fourth-order valence-electron chi connectivity index (χ4n) is 3.63. The average Bonchev–Trinajstić information content (AvgIpc) is 2.90. The summed E-state index contributed by atoms with van der Waals surface area (Å²) in [7, 11) is 1.96. The van der Waals surface area contributed by atoms with Gasteiger partial charge in [0.25, 0.3) is 0 Å². The summed E-state index contributed by atoms with van der Waals surface area (Å²) in [5.74, 6) is 3.05. The molecule has 1 unspecified atom stereocenters. The van der Waals surface area contributed by atoms with Crippen LogP contribution in [0.4, 0.5) is 0 Å². The number of piperidine rings is 1. The van der Waals surface area contributed by atoms with E-state index in [1.807, 2.05) is 11.6 Å². The van der Waals surface area contributed by atoms with Crippen molar-refractivity contribution in [2.45, 2.75) is 44.6 Å². The van der Waals surface area contributed by atoms with Crippen LogP contribution in [0.15, 0.2) is 12.2 Å². The first kappa shape index (κ1) is 14.7. The quantitative estimate of drug-likeness (QED) is 0.860. The third-order valence-electron chi connectivity index (χ3n) is 4.99. The van der Waals surface area contributed by atoms with Gasteiger partial charge in [-0.25, -0.2) is 0 Å². The molecule has 5 heteroatoms.